The molecule has 0 spiro atoms. The number of nitrogens with one attached hydrogen (secondary N) is 1. The Hall–Kier alpha value is -1.91. The number of nitrogens with zero attached hydrogens (tertiary/aromatic N) is 1. The van der Waals surface area contributed by atoms with Crippen molar-refractivity contribution in [3.63, 3.8) is 0 Å². The first kappa shape index (κ1) is 18.5. The third kappa shape index (κ3) is 4.17. The van der Waals surface area contributed by atoms with Crippen LogP contribution in [0.15, 0.2) is 42.5 Å². The molecule has 2 aromatic rings. The summed E-state index contributed by atoms with van der Waals surface area (Å²) >= 11 is 0. The number of piperidine rings is 1. The highest BCUT2D eigenvalue weighted by molar-refractivity contribution is 6.02. The monoisotopic (exact) mass is 366 g/mol. The van der Waals surface area contributed by atoms with Gasteiger partial charge in [0.2, 0.25) is 5.91 Å². The zero-order chi connectivity index (χ0) is 18.6. The van der Waals surface area contributed by atoms with Crippen LogP contribution in [0.1, 0.15) is 44.9 Å². The zero-order valence-electron chi connectivity index (χ0n) is 15.9. The fourth-order valence-corrected chi connectivity index (χ4v) is 5.00. The van der Waals surface area contributed by atoms with Crippen molar-refractivity contribution in [2.75, 3.05) is 18.4 Å². The van der Waals surface area contributed by atoms with Crippen molar-refractivity contribution in [1.29, 1.82) is 0 Å². The number of benzene rings is 2. The lowest BCUT2D eigenvalue weighted by atomic mass is 9.78. The number of amides is 1. The molecule has 1 aliphatic carbocycles. The van der Waals surface area contributed by atoms with Gasteiger partial charge in [0.15, 0.2) is 0 Å². The maximum Gasteiger partial charge on any atom is 0.238 e. The van der Waals surface area contributed by atoms with Crippen molar-refractivity contribution in [2.45, 2.75) is 57.1 Å². The van der Waals surface area contributed by atoms with Crippen LogP contribution in [0.5, 0.6) is 0 Å². The fraction of sp³-hybridized carbons (Fsp3) is 0.522. The van der Waals surface area contributed by atoms with Gasteiger partial charge < -0.3 is 10.4 Å². The summed E-state index contributed by atoms with van der Waals surface area (Å²) in [4.78, 5) is 15.1. The number of carbonyl (C=O) groups is 1. The van der Waals surface area contributed by atoms with E-state index in [0.29, 0.717) is 18.5 Å². The Labute approximate surface area is 161 Å². The van der Waals surface area contributed by atoms with Crippen LogP contribution >= 0.6 is 0 Å². The molecule has 1 amide bonds. The summed E-state index contributed by atoms with van der Waals surface area (Å²) in [6, 6.07) is 14.5. The summed E-state index contributed by atoms with van der Waals surface area (Å²) in [5.74, 6) is 0.368. The molecule has 1 saturated carbocycles. The third-order valence-electron chi connectivity index (χ3n) is 6.35. The topological polar surface area (TPSA) is 52.6 Å². The minimum atomic E-state index is -0.203. The molecule has 2 N–H and O–H groups in total. The Morgan fingerprint density at radius 1 is 1.00 bits per heavy atom. The molecule has 4 rings (SSSR count). The number of aliphatic hydroxyl groups excluding tert-OH is 1. The summed E-state index contributed by atoms with van der Waals surface area (Å²) < 4.78 is 0. The fourth-order valence-electron chi connectivity index (χ4n) is 5.00. The molecule has 1 heterocycles. The minimum Gasteiger partial charge on any atom is -0.393 e. The first-order valence-electron chi connectivity index (χ1n) is 10.4. The third-order valence-corrected chi connectivity index (χ3v) is 6.35. The van der Waals surface area contributed by atoms with Gasteiger partial charge in [-0.2, -0.15) is 0 Å². The van der Waals surface area contributed by atoms with Gasteiger partial charge >= 0.3 is 0 Å². The first-order chi connectivity index (χ1) is 13.2. The molecule has 3 atom stereocenters. The number of aliphatic hydroxyl groups is 1. The van der Waals surface area contributed by atoms with E-state index in [-0.39, 0.29) is 12.0 Å². The molecule has 4 nitrogen and oxygen atoms in total. The van der Waals surface area contributed by atoms with E-state index in [2.05, 4.69) is 22.3 Å². The van der Waals surface area contributed by atoms with Crippen molar-refractivity contribution in [1.82, 2.24) is 4.90 Å². The Balaban J connectivity index is 1.45. The molecule has 0 radical (unpaired) electrons. The summed E-state index contributed by atoms with van der Waals surface area (Å²) in [6.07, 6.45) is 7.58. The average molecular weight is 367 g/mol. The van der Waals surface area contributed by atoms with Crippen molar-refractivity contribution < 1.29 is 9.90 Å². The molecule has 1 aliphatic heterocycles. The van der Waals surface area contributed by atoms with Crippen LogP contribution in [0.4, 0.5) is 5.69 Å². The van der Waals surface area contributed by atoms with E-state index < -0.39 is 0 Å². The molecule has 144 valence electrons. The summed E-state index contributed by atoms with van der Waals surface area (Å²) in [7, 11) is 0. The molecule has 2 aliphatic rings. The molecule has 4 heteroatoms. The van der Waals surface area contributed by atoms with E-state index in [1.165, 1.54) is 12.8 Å². The van der Waals surface area contributed by atoms with Crippen molar-refractivity contribution >= 4 is 22.4 Å². The molecule has 2 aromatic carbocycles. The van der Waals surface area contributed by atoms with Gasteiger partial charge in [0.05, 0.1) is 12.6 Å². The van der Waals surface area contributed by atoms with Gasteiger partial charge in [-0.25, -0.2) is 0 Å². The number of likely N-dealkylation sites (tertiary alicyclic amines) is 1. The largest absolute Gasteiger partial charge is 0.393 e. The van der Waals surface area contributed by atoms with E-state index in [9.17, 15) is 9.90 Å². The van der Waals surface area contributed by atoms with Gasteiger partial charge in [-0.05, 0) is 43.7 Å². The van der Waals surface area contributed by atoms with Crippen LogP contribution in [-0.4, -0.2) is 41.1 Å². The number of carbonyl (C=O) groups excluding carboxylic acids is 1. The Morgan fingerprint density at radius 3 is 2.67 bits per heavy atom. The lowest BCUT2D eigenvalue weighted by molar-refractivity contribution is -0.119. The molecule has 2 fully saturated rings. The summed E-state index contributed by atoms with van der Waals surface area (Å²) in [6.45, 7) is 1.37. The second-order valence-electron chi connectivity index (χ2n) is 8.12. The molecule has 3 unspecified atom stereocenters. The van der Waals surface area contributed by atoms with Gasteiger partial charge in [-0.15, -0.1) is 0 Å². The highest BCUT2D eigenvalue weighted by Gasteiger charge is 2.36. The van der Waals surface area contributed by atoms with E-state index in [1.807, 2.05) is 30.3 Å². The first-order valence-corrected chi connectivity index (χ1v) is 10.4. The van der Waals surface area contributed by atoms with E-state index in [1.54, 1.807) is 0 Å². The molecule has 27 heavy (non-hydrogen) atoms. The quantitative estimate of drug-likeness (QED) is 0.853. The van der Waals surface area contributed by atoms with Gasteiger partial charge in [-0.1, -0.05) is 55.7 Å². The Kier molecular flexibility index (Phi) is 5.74. The highest BCUT2D eigenvalue weighted by atomic mass is 16.3. The van der Waals surface area contributed by atoms with Crippen LogP contribution in [-0.2, 0) is 4.79 Å². The highest BCUT2D eigenvalue weighted by Crippen LogP contribution is 2.34. The van der Waals surface area contributed by atoms with Gasteiger partial charge in [0, 0.05) is 23.0 Å². The minimum absolute atomic E-state index is 0.0450. The summed E-state index contributed by atoms with van der Waals surface area (Å²) in [5.41, 5.74) is 0.879. The molecular weight excluding hydrogens is 336 g/mol. The number of hydrogen-bond donors (Lipinski definition) is 2. The maximum absolute atomic E-state index is 12.8. The van der Waals surface area contributed by atoms with Crippen LogP contribution < -0.4 is 5.32 Å². The van der Waals surface area contributed by atoms with Gasteiger partial charge in [0.1, 0.15) is 0 Å². The second kappa shape index (κ2) is 8.41. The maximum atomic E-state index is 12.8. The van der Waals surface area contributed by atoms with Crippen molar-refractivity contribution in [3.8, 4) is 0 Å². The normalized spacial score (nSPS) is 26.8. The van der Waals surface area contributed by atoms with Crippen LogP contribution in [0.25, 0.3) is 10.8 Å². The standard InChI is InChI=1S/C23H30N2O2/c26-22-14-4-3-11-19(22)21-13-5-6-15-25(21)16-23(27)24-20-12-7-9-17-8-1-2-10-18(17)20/h1-2,7-10,12,19,21-22,26H,3-6,11,13-16H2,(H,24,27). The van der Waals surface area contributed by atoms with Gasteiger partial charge in [0.25, 0.3) is 0 Å². The van der Waals surface area contributed by atoms with E-state index in [0.717, 1.165) is 55.1 Å². The molecular formula is C23H30N2O2. The lowest BCUT2D eigenvalue weighted by Crippen LogP contribution is -2.51. The van der Waals surface area contributed by atoms with Gasteiger partial charge in [-0.3, -0.25) is 9.69 Å². The van der Waals surface area contributed by atoms with Crippen LogP contribution in [0.3, 0.4) is 0 Å². The predicted molar refractivity (Wildman–Crippen MR) is 110 cm³/mol. The van der Waals surface area contributed by atoms with Crippen molar-refractivity contribution in [3.05, 3.63) is 42.5 Å². The number of anilines is 1. The van der Waals surface area contributed by atoms with Crippen molar-refractivity contribution in [2.24, 2.45) is 5.92 Å². The number of hydrogen-bond acceptors (Lipinski definition) is 3. The number of fused-ring (bicyclic) bond motifs is 1. The van der Waals surface area contributed by atoms with Crippen LogP contribution in [0.2, 0.25) is 0 Å². The van der Waals surface area contributed by atoms with E-state index >= 15 is 0 Å². The lowest BCUT2D eigenvalue weighted by Gasteiger charge is -2.43. The predicted octanol–water partition coefficient (Wildman–Crippen LogP) is 4.18. The molecule has 0 aromatic heterocycles. The summed E-state index contributed by atoms with van der Waals surface area (Å²) in [5, 5.41) is 15.8. The zero-order valence-corrected chi connectivity index (χ0v) is 15.9. The van der Waals surface area contributed by atoms with E-state index in [4.69, 9.17) is 0 Å². The molecule has 1 saturated heterocycles. The second-order valence-corrected chi connectivity index (χ2v) is 8.12. The molecule has 0 bridgehead atoms. The van der Waals surface area contributed by atoms with Crippen LogP contribution in [0, 0.1) is 5.92 Å². The number of rotatable bonds is 4. The average Bonchev–Trinajstić information content (AvgIpc) is 2.69. The Morgan fingerprint density at radius 2 is 1.78 bits per heavy atom. The smallest absolute Gasteiger partial charge is 0.238 e. The SMILES string of the molecule is O=C(CN1CCCCC1C1CCCCC1O)Nc1cccc2ccccc12. The Bertz CT molecular complexity index is 786.